The summed E-state index contributed by atoms with van der Waals surface area (Å²) in [6.45, 7) is 0. The average Bonchev–Trinajstić information content (AvgIpc) is 2.88. The van der Waals surface area contributed by atoms with Gasteiger partial charge < -0.3 is 4.98 Å². The zero-order valence-electron chi connectivity index (χ0n) is 11.3. The number of fused-ring (bicyclic) bond motifs is 1. The maximum atomic E-state index is 12.7. The first kappa shape index (κ1) is 15.3. The molecule has 0 unspecified atom stereocenters. The lowest BCUT2D eigenvalue weighted by Crippen LogP contribution is -2.05. The van der Waals surface area contributed by atoms with Gasteiger partial charge in [-0.1, -0.05) is 12.1 Å². The molecule has 3 aromatic rings. The first-order valence-electron chi connectivity index (χ1n) is 6.33. The van der Waals surface area contributed by atoms with Crippen LogP contribution >= 0.6 is 11.8 Å². The minimum atomic E-state index is -4.63. The van der Waals surface area contributed by atoms with Crippen molar-refractivity contribution in [2.75, 3.05) is 0 Å². The van der Waals surface area contributed by atoms with E-state index in [9.17, 15) is 23.3 Å². The maximum Gasteiger partial charge on any atom is 0.416 e. The second-order valence-corrected chi connectivity index (χ2v) is 5.63. The lowest BCUT2D eigenvalue weighted by atomic mass is 10.2. The number of H-pyrrole nitrogens is 1. The molecule has 0 saturated carbocycles. The van der Waals surface area contributed by atoms with Gasteiger partial charge in [0, 0.05) is 6.07 Å². The van der Waals surface area contributed by atoms with Gasteiger partial charge in [0.1, 0.15) is 0 Å². The van der Waals surface area contributed by atoms with Crippen LogP contribution in [-0.2, 0) is 6.18 Å². The Labute approximate surface area is 131 Å². The molecular formula is C14H8F3N3O2S. The number of nitrogens with zero attached hydrogens (tertiary/aromatic N) is 2. The van der Waals surface area contributed by atoms with Crippen LogP contribution < -0.4 is 0 Å². The van der Waals surface area contributed by atoms with Crippen molar-refractivity contribution in [2.45, 2.75) is 16.2 Å². The largest absolute Gasteiger partial charge is 0.416 e. The smallest absolute Gasteiger partial charge is 0.333 e. The Morgan fingerprint density at radius 2 is 1.91 bits per heavy atom. The van der Waals surface area contributed by atoms with E-state index >= 15 is 0 Å². The fraction of sp³-hybridized carbons (Fsp3) is 0.0714. The van der Waals surface area contributed by atoms with Crippen molar-refractivity contribution in [3.05, 3.63) is 58.1 Å². The lowest BCUT2D eigenvalue weighted by Gasteiger charge is -2.07. The van der Waals surface area contributed by atoms with Gasteiger partial charge in [0.05, 0.1) is 26.4 Å². The lowest BCUT2D eigenvalue weighted by molar-refractivity contribution is -0.388. The molecule has 0 aliphatic carbocycles. The molecule has 0 atom stereocenters. The molecule has 0 amide bonds. The highest BCUT2D eigenvalue weighted by molar-refractivity contribution is 7.99. The third-order valence-corrected chi connectivity index (χ3v) is 4.01. The molecule has 0 saturated heterocycles. The number of aromatic amines is 1. The van der Waals surface area contributed by atoms with Crippen molar-refractivity contribution in [3.63, 3.8) is 0 Å². The number of imidazole rings is 1. The molecule has 1 aromatic heterocycles. The summed E-state index contributed by atoms with van der Waals surface area (Å²) < 4.78 is 38.0. The first-order chi connectivity index (χ1) is 10.8. The van der Waals surface area contributed by atoms with Crippen molar-refractivity contribution in [1.82, 2.24) is 9.97 Å². The fourth-order valence-electron chi connectivity index (χ4n) is 2.00. The molecular weight excluding hydrogens is 331 g/mol. The topological polar surface area (TPSA) is 71.8 Å². The molecule has 5 nitrogen and oxygen atoms in total. The Kier molecular flexibility index (Phi) is 3.72. The van der Waals surface area contributed by atoms with Crippen LogP contribution in [0, 0.1) is 10.1 Å². The van der Waals surface area contributed by atoms with E-state index < -0.39 is 22.4 Å². The van der Waals surface area contributed by atoms with Gasteiger partial charge in [-0.3, -0.25) is 10.1 Å². The van der Waals surface area contributed by atoms with Crippen molar-refractivity contribution in [1.29, 1.82) is 0 Å². The number of hydrogen-bond acceptors (Lipinski definition) is 4. The molecule has 0 bridgehead atoms. The summed E-state index contributed by atoms with van der Waals surface area (Å²) in [6, 6.07) is 9.57. The Morgan fingerprint density at radius 3 is 2.57 bits per heavy atom. The quantitative estimate of drug-likeness (QED) is 0.557. The van der Waals surface area contributed by atoms with Gasteiger partial charge in [0.2, 0.25) is 0 Å². The molecule has 9 heteroatoms. The van der Waals surface area contributed by atoms with Crippen LogP contribution in [0.15, 0.2) is 52.5 Å². The summed E-state index contributed by atoms with van der Waals surface area (Å²) in [7, 11) is 0. The number of rotatable bonds is 3. The van der Waals surface area contributed by atoms with Crippen molar-refractivity contribution in [2.24, 2.45) is 0 Å². The second-order valence-electron chi connectivity index (χ2n) is 4.60. The summed E-state index contributed by atoms with van der Waals surface area (Å²) >= 11 is 0.912. The van der Waals surface area contributed by atoms with Gasteiger partial charge in [-0.25, -0.2) is 4.98 Å². The monoisotopic (exact) mass is 339 g/mol. The van der Waals surface area contributed by atoms with Gasteiger partial charge >= 0.3 is 6.18 Å². The Morgan fingerprint density at radius 1 is 1.17 bits per heavy atom. The molecule has 1 heterocycles. The number of halogens is 3. The Hall–Kier alpha value is -2.55. The minimum absolute atomic E-state index is 0.0852. The van der Waals surface area contributed by atoms with Gasteiger partial charge in [-0.2, -0.15) is 13.2 Å². The number of nitrogens with one attached hydrogen (secondary N) is 1. The molecule has 118 valence electrons. The number of nitro groups is 1. The summed E-state index contributed by atoms with van der Waals surface area (Å²) in [5.41, 5.74) is -0.252. The van der Waals surface area contributed by atoms with E-state index in [1.54, 1.807) is 24.3 Å². The van der Waals surface area contributed by atoms with E-state index in [1.165, 1.54) is 0 Å². The van der Waals surface area contributed by atoms with Crippen LogP contribution in [0.3, 0.4) is 0 Å². The normalized spacial score (nSPS) is 11.8. The summed E-state index contributed by atoms with van der Waals surface area (Å²) in [6.07, 6.45) is -4.63. The minimum Gasteiger partial charge on any atom is -0.333 e. The number of aromatic nitrogens is 2. The highest BCUT2D eigenvalue weighted by Crippen LogP contribution is 2.38. The molecule has 0 spiro atoms. The molecule has 0 aliphatic rings. The number of alkyl halides is 3. The number of benzene rings is 2. The van der Waals surface area contributed by atoms with Crippen molar-refractivity contribution in [3.8, 4) is 0 Å². The average molecular weight is 339 g/mol. The van der Waals surface area contributed by atoms with E-state index in [0.29, 0.717) is 16.7 Å². The van der Waals surface area contributed by atoms with Crippen LogP contribution in [0.25, 0.3) is 11.0 Å². The molecule has 23 heavy (non-hydrogen) atoms. The molecule has 3 rings (SSSR count). The van der Waals surface area contributed by atoms with Gasteiger partial charge in [0.25, 0.3) is 5.69 Å². The summed E-state index contributed by atoms with van der Waals surface area (Å²) in [5, 5.41) is 11.4. The zero-order valence-corrected chi connectivity index (χ0v) is 12.1. The standard InChI is InChI=1S/C14H8F3N3O2S/c15-14(16,17)8-5-6-12(11(7-8)20(21)22)23-13-18-9-3-1-2-4-10(9)19-13/h1-7H,(H,18,19). The Balaban J connectivity index is 2.00. The summed E-state index contributed by atoms with van der Waals surface area (Å²) in [5.74, 6) is 0. The number of nitro benzene ring substituents is 1. The fourth-order valence-corrected chi connectivity index (χ4v) is 2.89. The van der Waals surface area contributed by atoms with Crippen molar-refractivity contribution >= 4 is 28.5 Å². The van der Waals surface area contributed by atoms with Gasteiger partial charge in [-0.05, 0) is 36.0 Å². The predicted octanol–water partition coefficient (Wildman–Crippen LogP) is 4.64. The number of hydrogen-bond donors (Lipinski definition) is 1. The van der Waals surface area contributed by atoms with Gasteiger partial charge in [-0.15, -0.1) is 0 Å². The highest BCUT2D eigenvalue weighted by Gasteiger charge is 2.33. The van der Waals surface area contributed by atoms with Crippen LogP contribution in [0.2, 0.25) is 0 Å². The van der Waals surface area contributed by atoms with E-state index in [-0.39, 0.29) is 4.90 Å². The summed E-state index contributed by atoms with van der Waals surface area (Å²) in [4.78, 5) is 17.5. The molecule has 0 radical (unpaired) electrons. The molecule has 1 N–H and O–H groups in total. The predicted molar refractivity (Wildman–Crippen MR) is 78.3 cm³/mol. The van der Waals surface area contributed by atoms with E-state index in [2.05, 4.69) is 9.97 Å². The van der Waals surface area contributed by atoms with Crippen LogP contribution in [0.5, 0.6) is 0 Å². The third-order valence-electron chi connectivity index (χ3n) is 3.06. The van der Waals surface area contributed by atoms with Gasteiger partial charge in [0.15, 0.2) is 5.16 Å². The molecule has 0 aliphatic heterocycles. The van der Waals surface area contributed by atoms with E-state index in [0.717, 1.165) is 29.4 Å². The third kappa shape index (κ3) is 3.14. The maximum absolute atomic E-state index is 12.7. The SMILES string of the molecule is O=[N+]([O-])c1cc(C(F)(F)F)ccc1Sc1nc2ccccc2[nH]1. The molecule has 2 aromatic carbocycles. The second kappa shape index (κ2) is 5.58. The van der Waals surface area contributed by atoms with E-state index in [1.807, 2.05) is 0 Å². The van der Waals surface area contributed by atoms with Crippen LogP contribution in [0.1, 0.15) is 5.56 Å². The zero-order chi connectivity index (χ0) is 16.6. The highest BCUT2D eigenvalue weighted by atomic mass is 32.2. The number of para-hydroxylation sites is 2. The van der Waals surface area contributed by atoms with Crippen molar-refractivity contribution < 1.29 is 18.1 Å². The van der Waals surface area contributed by atoms with E-state index in [4.69, 9.17) is 0 Å². The molecule has 0 fully saturated rings. The van der Waals surface area contributed by atoms with Crippen LogP contribution in [-0.4, -0.2) is 14.9 Å². The van der Waals surface area contributed by atoms with Crippen LogP contribution in [0.4, 0.5) is 18.9 Å². The Bertz CT molecular complexity index is 859. The first-order valence-corrected chi connectivity index (χ1v) is 7.14.